The molecule has 0 fully saturated rings. The van der Waals surface area contributed by atoms with E-state index in [4.69, 9.17) is 14.5 Å². The second-order valence-corrected chi connectivity index (χ2v) is 7.42. The number of hydrogen-bond acceptors (Lipinski definition) is 7. The van der Waals surface area contributed by atoms with Crippen molar-refractivity contribution in [1.82, 2.24) is 9.55 Å². The van der Waals surface area contributed by atoms with Gasteiger partial charge < -0.3 is 19.1 Å². The zero-order chi connectivity index (χ0) is 21.2. The number of hydrogen-bond donors (Lipinski definition) is 1. The number of aromatic nitrogens is 2. The molecule has 2 aromatic heterocycles. The quantitative estimate of drug-likeness (QED) is 0.509. The lowest BCUT2D eigenvalue weighted by Gasteiger charge is -2.31. The van der Waals surface area contributed by atoms with Crippen molar-refractivity contribution in [2.75, 3.05) is 7.11 Å². The first-order valence-corrected chi connectivity index (χ1v) is 9.50. The molecule has 1 atom stereocenters. The Balaban J connectivity index is 1.79. The van der Waals surface area contributed by atoms with Crippen molar-refractivity contribution in [2.24, 2.45) is 0 Å². The van der Waals surface area contributed by atoms with Gasteiger partial charge in [0, 0.05) is 16.5 Å². The summed E-state index contributed by atoms with van der Waals surface area (Å²) in [6.45, 7) is 1.79. The molecule has 3 aromatic rings. The fourth-order valence-electron chi connectivity index (χ4n) is 4.33. The minimum absolute atomic E-state index is 0.0911. The summed E-state index contributed by atoms with van der Waals surface area (Å²) >= 11 is 0. The Hall–Kier alpha value is -3.70. The number of benzene rings is 1. The highest BCUT2D eigenvalue weighted by Crippen LogP contribution is 2.40. The molecular weight excluding hydrogens is 386 g/mol. The second kappa shape index (κ2) is 6.15. The maximum Gasteiger partial charge on any atom is 0.343 e. The van der Waals surface area contributed by atoms with E-state index in [9.17, 15) is 20.0 Å². The Kier molecular flexibility index (Phi) is 3.76. The van der Waals surface area contributed by atoms with Crippen LogP contribution in [0, 0.1) is 11.3 Å². The van der Waals surface area contributed by atoms with E-state index in [2.05, 4.69) is 6.07 Å². The van der Waals surface area contributed by atoms with Gasteiger partial charge in [-0.2, -0.15) is 5.26 Å². The first-order valence-electron chi connectivity index (χ1n) is 9.50. The lowest BCUT2D eigenvalue weighted by Crippen LogP contribution is -2.44. The molecule has 150 valence electrons. The molecule has 0 unspecified atom stereocenters. The van der Waals surface area contributed by atoms with Crippen molar-refractivity contribution in [3.63, 3.8) is 0 Å². The Morgan fingerprint density at radius 2 is 2.17 bits per heavy atom. The number of methoxy groups -OCH3 is 1. The topological polar surface area (TPSA) is 114 Å². The van der Waals surface area contributed by atoms with Crippen LogP contribution in [0.3, 0.4) is 0 Å². The van der Waals surface area contributed by atoms with E-state index in [1.807, 2.05) is 6.07 Å². The molecule has 0 spiro atoms. The number of aliphatic hydroxyl groups is 1. The van der Waals surface area contributed by atoms with Crippen LogP contribution in [0.5, 0.6) is 5.75 Å². The van der Waals surface area contributed by atoms with Crippen molar-refractivity contribution in [3.05, 3.63) is 56.9 Å². The standard InChI is InChI=1S/C22H17N3O5/c1-3-22(28)15-7-17-18-12(9-25(17)20(26)14(15)10-30-21(22)27)6-13-16(24-18)5-4-11(8-23)19(13)29-2/h4-7,28H,3,9-10H2,1-2H3/t22-/m0/s1. The SMILES string of the molecule is CC[C@@]1(O)C(=O)OCc2c1cc1n(c2=O)Cc2cc3c(OC)c(C#N)ccc3nc2-1. The van der Waals surface area contributed by atoms with Crippen LogP contribution in [0.2, 0.25) is 0 Å². The molecule has 2 aliphatic rings. The predicted octanol–water partition coefficient (Wildman–Crippen LogP) is 1.96. The Morgan fingerprint density at radius 3 is 2.87 bits per heavy atom. The Bertz CT molecular complexity index is 1370. The van der Waals surface area contributed by atoms with Crippen molar-refractivity contribution in [3.8, 4) is 23.2 Å². The van der Waals surface area contributed by atoms with Gasteiger partial charge in [0.05, 0.1) is 41.7 Å². The third kappa shape index (κ3) is 2.21. The number of carbonyl (C=O) groups excluding carboxylic acids is 1. The van der Waals surface area contributed by atoms with Crippen molar-refractivity contribution in [2.45, 2.75) is 32.1 Å². The normalized spacial score (nSPS) is 18.9. The molecule has 0 amide bonds. The van der Waals surface area contributed by atoms with E-state index in [0.717, 1.165) is 5.56 Å². The molecule has 8 heteroatoms. The van der Waals surface area contributed by atoms with E-state index in [1.165, 1.54) is 7.11 Å². The van der Waals surface area contributed by atoms with E-state index in [0.29, 0.717) is 33.6 Å². The zero-order valence-corrected chi connectivity index (χ0v) is 16.4. The van der Waals surface area contributed by atoms with Crippen molar-refractivity contribution in [1.29, 1.82) is 5.26 Å². The fraction of sp³-hybridized carbons (Fsp3) is 0.273. The highest BCUT2D eigenvalue weighted by atomic mass is 16.6. The minimum Gasteiger partial charge on any atom is -0.495 e. The summed E-state index contributed by atoms with van der Waals surface area (Å²) in [4.78, 5) is 30.1. The van der Waals surface area contributed by atoms with Crippen molar-refractivity contribution >= 4 is 16.9 Å². The third-order valence-electron chi connectivity index (χ3n) is 5.97. The molecule has 1 aromatic carbocycles. The van der Waals surface area contributed by atoms with Crippen LogP contribution < -0.4 is 10.3 Å². The molecule has 1 N–H and O–H groups in total. The lowest BCUT2D eigenvalue weighted by atomic mass is 9.86. The van der Waals surface area contributed by atoms with Crippen LogP contribution in [0.15, 0.2) is 29.1 Å². The van der Waals surface area contributed by atoms with Crippen LogP contribution in [-0.4, -0.2) is 27.7 Å². The highest BCUT2D eigenvalue weighted by molar-refractivity contribution is 5.91. The molecule has 0 aliphatic carbocycles. The number of pyridine rings is 2. The molecule has 0 saturated carbocycles. The van der Waals surface area contributed by atoms with Crippen LogP contribution in [0.1, 0.15) is 35.6 Å². The molecule has 4 heterocycles. The minimum atomic E-state index is -1.85. The van der Waals surface area contributed by atoms with Crippen LogP contribution in [0.4, 0.5) is 0 Å². The predicted molar refractivity (Wildman–Crippen MR) is 106 cm³/mol. The van der Waals surface area contributed by atoms with Gasteiger partial charge in [-0.25, -0.2) is 9.78 Å². The van der Waals surface area contributed by atoms with Crippen LogP contribution >= 0.6 is 0 Å². The van der Waals surface area contributed by atoms with Gasteiger partial charge >= 0.3 is 5.97 Å². The second-order valence-electron chi connectivity index (χ2n) is 7.42. The average molecular weight is 403 g/mol. The van der Waals surface area contributed by atoms with E-state index < -0.39 is 11.6 Å². The van der Waals surface area contributed by atoms with Gasteiger partial charge in [0.15, 0.2) is 5.60 Å². The number of nitrogens with zero attached hydrogens (tertiary/aromatic N) is 3. The Morgan fingerprint density at radius 1 is 1.37 bits per heavy atom. The molecule has 0 saturated heterocycles. The van der Waals surface area contributed by atoms with Crippen LogP contribution in [0.25, 0.3) is 22.3 Å². The van der Waals surface area contributed by atoms with Gasteiger partial charge in [-0.1, -0.05) is 6.92 Å². The molecule has 0 radical (unpaired) electrons. The van der Waals surface area contributed by atoms with Gasteiger partial charge in [-0.15, -0.1) is 0 Å². The average Bonchev–Trinajstić information content (AvgIpc) is 3.12. The number of rotatable bonds is 2. The van der Waals surface area contributed by atoms with Crippen LogP contribution in [-0.2, 0) is 28.3 Å². The number of carbonyl (C=O) groups is 1. The fourth-order valence-corrected chi connectivity index (χ4v) is 4.33. The number of esters is 1. The van der Waals surface area contributed by atoms with E-state index in [1.54, 1.807) is 29.7 Å². The summed E-state index contributed by atoms with van der Waals surface area (Å²) in [5, 5.41) is 20.9. The smallest absolute Gasteiger partial charge is 0.343 e. The number of ether oxygens (including phenoxy) is 2. The zero-order valence-electron chi connectivity index (χ0n) is 16.4. The molecule has 0 bridgehead atoms. The number of cyclic esters (lactones) is 1. The molecule has 5 rings (SSSR count). The first kappa shape index (κ1) is 18.3. The molecular formula is C22H17N3O5. The summed E-state index contributed by atoms with van der Waals surface area (Å²) in [6, 6.07) is 9.02. The summed E-state index contributed by atoms with van der Waals surface area (Å²) in [6.07, 6.45) is 0.0911. The van der Waals surface area contributed by atoms with Gasteiger partial charge in [0.25, 0.3) is 5.56 Å². The van der Waals surface area contributed by atoms with E-state index in [-0.39, 0.29) is 36.3 Å². The monoisotopic (exact) mass is 403 g/mol. The largest absolute Gasteiger partial charge is 0.495 e. The highest BCUT2D eigenvalue weighted by Gasteiger charge is 2.45. The molecule has 8 nitrogen and oxygen atoms in total. The first-order chi connectivity index (χ1) is 14.4. The Labute approximate surface area is 170 Å². The molecule has 2 aliphatic heterocycles. The lowest BCUT2D eigenvalue weighted by molar-refractivity contribution is -0.172. The summed E-state index contributed by atoms with van der Waals surface area (Å²) in [5.41, 5.74) is 1.36. The summed E-state index contributed by atoms with van der Waals surface area (Å²) in [5.74, 6) is -0.312. The number of nitriles is 1. The van der Waals surface area contributed by atoms with Gasteiger partial charge in [-0.3, -0.25) is 4.79 Å². The maximum absolute atomic E-state index is 13.2. The van der Waals surface area contributed by atoms with E-state index >= 15 is 0 Å². The summed E-state index contributed by atoms with van der Waals surface area (Å²) < 4.78 is 12.1. The maximum atomic E-state index is 13.2. The van der Waals surface area contributed by atoms with Gasteiger partial charge in [0.1, 0.15) is 18.4 Å². The molecule has 30 heavy (non-hydrogen) atoms. The third-order valence-corrected chi connectivity index (χ3v) is 5.97. The van der Waals surface area contributed by atoms with Gasteiger partial charge in [0.2, 0.25) is 0 Å². The van der Waals surface area contributed by atoms with Gasteiger partial charge in [-0.05, 0) is 30.7 Å². The number of fused-ring (bicyclic) bond motifs is 5. The summed E-state index contributed by atoms with van der Waals surface area (Å²) in [7, 11) is 1.50. The van der Waals surface area contributed by atoms with Crippen molar-refractivity contribution < 1.29 is 19.4 Å².